The zero-order valence-electron chi connectivity index (χ0n) is 12.5. The molecule has 0 aromatic heterocycles. The molecule has 19 heavy (non-hydrogen) atoms. The average molecular weight is 263 g/mol. The van der Waals surface area contributed by atoms with Crippen LogP contribution in [-0.2, 0) is 0 Å². The first kappa shape index (κ1) is 15.5. The Morgan fingerprint density at radius 3 is 2.26 bits per heavy atom. The van der Waals surface area contributed by atoms with Crippen molar-refractivity contribution < 1.29 is 4.79 Å². The van der Waals surface area contributed by atoms with Crippen LogP contribution in [0.5, 0.6) is 0 Å². The molecule has 1 aromatic carbocycles. The fraction of sp³-hybridized carbons (Fsp3) is 0.533. The molecule has 0 saturated heterocycles. The summed E-state index contributed by atoms with van der Waals surface area (Å²) in [6.45, 7) is 10.6. The van der Waals surface area contributed by atoms with Crippen LogP contribution in [0.4, 0.5) is 5.69 Å². The van der Waals surface area contributed by atoms with E-state index in [1.165, 1.54) is 0 Å². The molecule has 0 saturated carbocycles. The summed E-state index contributed by atoms with van der Waals surface area (Å²) in [5.41, 5.74) is 3.63. The van der Waals surface area contributed by atoms with Crippen molar-refractivity contribution in [3.05, 3.63) is 29.8 Å². The van der Waals surface area contributed by atoms with Crippen LogP contribution in [-0.4, -0.2) is 11.4 Å². The second kappa shape index (κ2) is 5.61. The highest BCUT2D eigenvalue weighted by Gasteiger charge is 2.27. The number of carbonyl (C=O) groups excluding carboxylic acids is 1. The molecule has 0 spiro atoms. The molecule has 4 heteroatoms. The van der Waals surface area contributed by atoms with Crippen LogP contribution < -0.4 is 16.6 Å². The van der Waals surface area contributed by atoms with E-state index in [0.29, 0.717) is 11.3 Å². The standard InChI is InChI=1S/C15H25N3O/c1-14(2,3)10-15(4,5)17-13(19)11-8-6-7-9-12(11)18-16/h6-9,18H,10,16H2,1-5H3,(H,17,19). The van der Waals surface area contributed by atoms with Crippen LogP contribution in [0.2, 0.25) is 0 Å². The maximum atomic E-state index is 12.3. The Morgan fingerprint density at radius 2 is 1.74 bits per heavy atom. The first-order chi connectivity index (χ1) is 8.64. The van der Waals surface area contributed by atoms with Gasteiger partial charge in [-0.05, 0) is 37.8 Å². The number of nitrogens with two attached hydrogens (primary N) is 1. The number of nitrogens with one attached hydrogen (secondary N) is 2. The number of amides is 1. The van der Waals surface area contributed by atoms with Crippen LogP contribution in [0.15, 0.2) is 24.3 Å². The Hall–Kier alpha value is -1.55. The van der Waals surface area contributed by atoms with Gasteiger partial charge in [-0.3, -0.25) is 10.6 Å². The molecule has 0 unspecified atom stereocenters. The van der Waals surface area contributed by atoms with Crippen LogP contribution in [0, 0.1) is 5.41 Å². The summed E-state index contributed by atoms with van der Waals surface area (Å²) in [5, 5.41) is 3.07. The summed E-state index contributed by atoms with van der Waals surface area (Å²) >= 11 is 0. The summed E-state index contributed by atoms with van der Waals surface area (Å²) < 4.78 is 0. The zero-order valence-corrected chi connectivity index (χ0v) is 12.5. The Kier molecular flexibility index (Phi) is 4.58. The Labute approximate surface area is 115 Å². The number of anilines is 1. The topological polar surface area (TPSA) is 67.2 Å². The highest BCUT2D eigenvalue weighted by Crippen LogP contribution is 2.27. The van der Waals surface area contributed by atoms with Gasteiger partial charge >= 0.3 is 0 Å². The molecule has 0 fully saturated rings. The minimum absolute atomic E-state index is 0.109. The molecule has 0 aliphatic carbocycles. The van der Waals surface area contributed by atoms with E-state index in [1.54, 1.807) is 12.1 Å². The van der Waals surface area contributed by atoms with Crippen LogP contribution in [0.3, 0.4) is 0 Å². The Morgan fingerprint density at radius 1 is 1.16 bits per heavy atom. The van der Waals surface area contributed by atoms with Crippen molar-refractivity contribution in [2.75, 3.05) is 5.43 Å². The highest BCUT2D eigenvalue weighted by molar-refractivity contribution is 5.99. The van der Waals surface area contributed by atoms with Crippen molar-refractivity contribution in [2.45, 2.75) is 46.6 Å². The number of benzene rings is 1. The largest absolute Gasteiger partial charge is 0.347 e. The molecular weight excluding hydrogens is 238 g/mol. The van der Waals surface area contributed by atoms with E-state index in [-0.39, 0.29) is 16.9 Å². The number of rotatable bonds is 4. The Balaban J connectivity index is 2.85. The minimum atomic E-state index is -0.267. The fourth-order valence-electron chi connectivity index (χ4n) is 2.55. The molecule has 1 amide bonds. The molecule has 4 N–H and O–H groups in total. The molecule has 0 heterocycles. The molecule has 0 aliphatic rings. The number of hydrazine groups is 1. The quantitative estimate of drug-likeness (QED) is 0.578. The smallest absolute Gasteiger partial charge is 0.253 e. The third-order valence-electron chi connectivity index (χ3n) is 2.75. The minimum Gasteiger partial charge on any atom is -0.347 e. The first-order valence-corrected chi connectivity index (χ1v) is 6.53. The highest BCUT2D eigenvalue weighted by atomic mass is 16.1. The van der Waals surface area contributed by atoms with Gasteiger partial charge in [0.2, 0.25) is 0 Å². The van der Waals surface area contributed by atoms with Gasteiger partial charge in [0.15, 0.2) is 0 Å². The number of hydrogen-bond acceptors (Lipinski definition) is 3. The van der Waals surface area contributed by atoms with E-state index in [2.05, 4.69) is 31.5 Å². The number of para-hydroxylation sites is 1. The van der Waals surface area contributed by atoms with Crippen molar-refractivity contribution in [1.82, 2.24) is 5.32 Å². The van der Waals surface area contributed by atoms with Crippen molar-refractivity contribution in [1.29, 1.82) is 0 Å². The first-order valence-electron chi connectivity index (χ1n) is 6.53. The molecule has 0 radical (unpaired) electrons. The van der Waals surface area contributed by atoms with Crippen LogP contribution >= 0.6 is 0 Å². The molecule has 0 aliphatic heterocycles. The summed E-state index contributed by atoms with van der Waals surface area (Å²) in [6, 6.07) is 7.21. The Bertz CT molecular complexity index is 447. The van der Waals surface area contributed by atoms with Gasteiger partial charge in [-0.1, -0.05) is 32.9 Å². The van der Waals surface area contributed by atoms with Gasteiger partial charge in [0.1, 0.15) is 0 Å². The van der Waals surface area contributed by atoms with E-state index in [1.807, 2.05) is 26.0 Å². The second-order valence-electron chi connectivity index (χ2n) is 6.77. The van der Waals surface area contributed by atoms with E-state index < -0.39 is 0 Å². The third kappa shape index (κ3) is 4.91. The lowest BCUT2D eigenvalue weighted by atomic mass is 9.81. The number of nitrogen functional groups attached to an aromatic ring is 1. The van der Waals surface area contributed by atoms with Crippen molar-refractivity contribution in [3.8, 4) is 0 Å². The SMILES string of the molecule is CC(C)(C)CC(C)(C)NC(=O)c1ccccc1NN. The van der Waals surface area contributed by atoms with Gasteiger partial charge in [0.25, 0.3) is 5.91 Å². The summed E-state index contributed by atoms with van der Waals surface area (Å²) in [4.78, 5) is 12.3. The predicted molar refractivity (Wildman–Crippen MR) is 79.9 cm³/mol. The average Bonchev–Trinajstić information content (AvgIpc) is 2.24. The summed E-state index contributed by atoms with van der Waals surface area (Å²) in [5.74, 6) is 5.32. The molecule has 1 aromatic rings. The maximum Gasteiger partial charge on any atom is 0.253 e. The lowest BCUT2D eigenvalue weighted by Gasteiger charge is -2.33. The third-order valence-corrected chi connectivity index (χ3v) is 2.75. The maximum absolute atomic E-state index is 12.3. The van der Waals surface area contributed by atoms with E-state index >= 15 is 0 Å². The van der Waals surface area contributed by atoms with Crippen molar-refractivity contribution in [3.63, 3.8) is 0 Å². The van der Waals surface area contributed by atoms with Crippen LogP contribution in [0.1, 0.15) is 51.4 Å². The van der Waals surface area contributed by atoms with Crippen molar-refractivity contribution in [2.24, 2.45) is 11.3 Å². The summed E-state index contributed by atoms with van der Waals surface area (Å²) in [7, 11) is 0. The molecule has 1 rings (SSSR count). The van der Waals surface area contributed by atoms with Gasteiger partial charge in [0, 0.05) is 5.54 Å². The molecule has 4 nitrogen and oxygen atoms in total. The lowest BCUT2D eigenvalue weighted by Crippen LogP contribution is -2.46. The van der Waals surface area contributed by atoms with Crippen molar-refractivity contribution >= 4 is 11.6 Å². The fourth-order valence-corrected chi connectivity index (χ4v) is 2.55. The van der Waals surface area contributed by atoms with E-state index in [4.69, 9.17) is 5.84 Å². The lowest BCUT2D eigenvalue weighted by molar-refractivity contribution is 0.0892. The van der Waals surface area contributed by atoms with Gasteiger partial charge in [0.05, 0.1) is 11.3 Å². The van der Waals surface area contributed by atoms with Gasteiger partial charge < -0.3 is 10.7 Å². The predicted octanol–water partition coefficient (Wildman–Crippen LogP) is 2.92. The van der Waals surface area contributed by atoms with Gasteiger partial charge in [-0.2, -0.15) is 0 Å². The van der Waals surface area contributed by atoms with E-state index in [9.17, 15) is 4.79 Å². The normalized spacial score (nSPS) is 12.1. The molecule has 0 atom stereocenters. The number of hydrogen-bond donors (Lipinski definition) is 3. The van der Waals surface area contributed by atoms with E-state index in [0.717, 1.165) is 6.42 Å². The molecule has 106 valence electrons. The zero-order chi connectivity index (χ0) is 14.7. The van der Waals surface area contributed by atoms with Gasteiger partial charge in [-0.25, -0.2) is 0 Å². The number of carbonyl (C=O) groups is 1. The van der Waals surface area contributed by atoms with Gasteiger partial charge in [-0.15, -0.1) is 0 Å². The molecule has 0 bridgehead atoms. The monoisotopic (exact) mass is 263 g/mol. The molecular formula is C15H25N3O. The second-order valence-corrected chi connectivity index (χ2v) is 6.77. The summed E-state index contributed by atoms with van der Waals surface area (Å²) in [6.07, 6.45) is 0.893. The van der Waals surface area contributed by atoms with Crippen LogP contribution in [0.25, 0.3) is 0 Å².